The second-order valence-electron chi connectivity index (χ2n) is 6.25. The standard InChI is InChI=1S/C17H19FO4/c1-9(19)14-13(21)8-17(3,22)16(10(2)20)15(14)11-4-6-12(18)7-5-11/h4-7,14-16,22H,8H2,1-3H3/t14-,15-,16-,17-/m0/s1. The van der Waals surface area contributed by atoms with Crippen LogP contribution in [0.1, 0.15) is 38.7 Å². The molecule has 0 spiro atoms. The Labute approximate surface area is 128 Å². The first-order chi connectivity index (χ1) is 10.1. The molecule has 1 aromatic rings. The van der Waals surface area contributed by atoms with Gasteiger partial charge in [0.15, 0.2) is 0 Å². The summed E-state index contributed by atoms with van der Waals surface area (Å²) in [5.41, 5.74) is -1.01. The summed E-state index contributed by atoms with van der Waals surface area (Å²) in [4.78, 5) is 36.3. The summed E-state index contributed by atoms with van der Waals surface area (Å²) in [6, 6.07) is 5.36. The molecule has 1 fully saturated rings. The van der Waals surface area contributed by atoms with Gasteiger partial charge in [0, 0.05) is 12.3 Å². The number of carbonyl (C=O) groups is 3. The number of hydrogen-bond acceptors (Lipinski definition) is 4. The number of benzene rings is 1. The van der Waals surface area contributed by atoms with E-state index in [-0.39, 0.29) is 23.8 Å². The predicted molar refractivity (Wildman–Crippen MR) is 77.7 cm³/mol. The minimum atomic E-state index is -1.52. The van der Waals surface area contributed by atoms with Crippen LogP contribution in [0.15, 0.2) is 24.3 Å². The van der Waals surface area contributed by atoms with E-state index >= 15 is 0 Å². The Bertz CT molecular complexity index is 618. The van der Waals surface area contributed by atoms with Crippen LogP contribution >= 0.6 is 0 Å². The average molecular weight is 306 g/mol. The highest BCUT2D eigenvalue weighted by atomic mass is 19.1. The lowest BCUT2D eigenvalue weighted by molar-refractivity contribution is -0.151. The second-order valence-corrected chi connectivity index (χ2v) is 6.25. The fourth-order valence-corrected chi connectivity index (χ4v) is 3.59. The van der Waals surface area contributed by atoms with E-state index < -0.39 is 29.2 Å². The molecule has 0 aliphatic heterocycles. The molecule has 22 heavy (non-hydrogen) atoms. The molecule has 0 aromatic heterocycles. The molecule has 1 aromatic carbocycles. The summed E-state index contributed by atoms with van der Waals surface area (Å²) in [5.74, 6) is -4.11. The monoisotopic (exact) mass is 306 g/mol. The molecule has 4 nitrogen and oxygen atoms in total. The summed E-state index contributed by atoms with van der Waals surface area (Å²) in [6.45, 7) is 4.07. The van der Waals surface area contributed by atoms with Gasteiger partial charge in [0.2, 0.25) is 0 Å². The maximum atomic E-state index is 13.1. The molecule has 2 rings (SSSR count). The van der Waals surface area contributed by atoms with Crippen molar-refractivity contribution in [1.29, 1.82) is 0 Å². The summed E-state index contributed by atoms with van der Waals surface area (Å²) in [7, 11) is 0. The second kappa shape index (κ2) is 5.72. The highest BCUT2D eigenvalue weighted by Gasteiger charge is 2.53. The minimum absolute atomic E-state index is 0.237. The van der Waals surface area contributed by atoms with E-state index in [0.29, 0.717) is 5.56 Å². The molecule has 1 N–H and O–H groups in total. The zero-order valence-electron chi connectivity index (χ0n) is 12.8. The Kier molecular flexibility index (Phi) is 4.29. The average Bonchev–Trinajstić information content (AvgIpc) is 2.36. The van der Waals surface area contributed by atoms with Crippen LogP contribution < -0.4 is 0 Å². The lowest BCUT2D eigenvalue weighted by Crippen LogP contribution is -2.53. The number of carbonyl (C=O) groups excluding carboxylic acids is 3. The van der Waals surface area contributed by atoms with Crippen molar-refractivity contribution in [3.05, 3.63) is 35.6 Å². The van der Waals surface area contributed by atoms with Crippen LogP contribution in [0.3, 0.4) is 0 Å². The van der Waals surface area contributed by atoms with Gasteiger partial charge in [-0.15, -0.1) is 0 Å². The smallest absolute Gasteiger partial charge is 0.146 e. The topological polar surface area (TPSA) is 71.4 Å². The SMILES string of the molecule is CC(=O)[C@H]1C(=O)C[C@](C)(O)[C@@H](C(C)=O)[C@H]1c1ccc(F)cc1. The molecule has 1 aliphatic carbocycles. The van der Waals surface area contributed by atoms with E-state index in [9.17, 15) is 23.9 Å². The summed E-state index contributed by atoms with van der Waals surface area (Å²) in [6.07, 6.45) is -0.237. The van der Waals surface area contributed by atoms with E-state index in [1.165, 1.54) is 45.0 Å². The maximum Gasteiger partial charge on any atom is 0.146 e. The Morgan fingerprint density at radius 3 is 2.18 bits per heavy atom. The van der Waals surface area contributed by atoms with Crippen LogP contribution in [0.5, 0.6) is 0 Å². The fraction of sp³-hybridized carbons (Fsp3) is 0.471. The quantitative estimate of drug-likeness (QED) is 0.868. The molecule has 1 saturated carbocycles. The Hall–Kier alpha value is -1.88. The lowest BCUT2D eigenvalue weighted by atomic mass is 9.60. The zero-order chi connectivity index (χ0) is 16.7. The summed E-state index contributed by atoms with van der Waals surface area (Å²) >= 11 is 0. The van der Waals surface area contributed by atoms with Gasteiger partial charge in [-0.2, -0.15) is 0 Å². The number of ketones is 3. The molecular weight excluding hydrogens is 287 g/mol. The van der Waals surface area contributed by atoms with Gasteiger partial charge in [0.05, 0.1) is 17.4 Å². The Morgan fingerprint density at radius 1 is 1.18 bits per heavy atom. The molecule has 0 unspecified atom stereocenters. The molecular formula is C17H19FO4. The van der Waals surface area contributed by atoms with Crippen molar-refractivity contribution >= 4 is 17.3 Å². The Morgan fingerprint density at radius 2 is 1.73 bits per heavy atom. The fourth-order valence-electron chi connectivity index (χ4n) is 3.59. The van der Waals surface area contributed by atoms with Gasteiger partial charge in [0.1, 0.15) is 23.2 Å². The van der Waals surface area contributed by atoms with Crippen LogP contribution in [-0.4, -0.2) is 28.1 Å². The molecule has 5 heteroatoms. The van der Waals surface area contributed by atoms with Crippen LogP contribution in [0.2, 0.25) is 0 Å². The number of hydrogen-bond donors (Lipinski definition) is 1. The van der Waals surface area contributed by atoms with E-state index in [0.717, 1.165) is 0 Å². The molecule has 1 aliphatic rings. The highest BCUT2D eigenvalue weighted by Crippen LogP contribution is 2.46. The van der Waals surface area contributed by atoms with Crippen LogP contribution in [0, 0.1) is 17.7 Å². The van der Waals surface area contributed by atoms with Gasteiger partial charge in [-0.05, 0) is 38.5 Å². The van der Waals surface area contributed by atoms with E-state index in [1.54, 1.807) is 0 Å². The molecule has 0 heterocycles. The third kappa shape index (κ3) is 2.86. The van der Waals surface area contributed by atoms with Gasteiger partial charge in [-0.25, -0.2) is 4.39 Å². The zero-order valence-corrected chi connectivity index (χ0v) is 12.8. The number of halogens is 1. The molecule has 4 atom stereocenters. The predicted octanol–water partition coefficient (Wildman–Crippen LogP) is 2.04. The normalized spacial score (nSPS) is 31.9. The van der Waals surface area contributed by atoms with Gasteiger partial charge >= 0.3 is 0 Å². The lowest BCUT2D eigenvalue weighted by Gasteiger charge is -2.44. The Balaban J connectivity index is 2.61. The van der Waals surface area contributed by atoms with Crippen molar-refractivity contribution in [2.24, 2.45) is 11.8 Å². The van der Waals surface area contributed by atoms with E-state index in [4.69, 9.17) is 0 Å². The minimum Gasteiger partial charge on any atom is -0.389 e. The number of aliphatic hydroxyl groups is 1. The van der Waals surface area contributed by atoms with Crippen molar-refractivity contribution in [2.45, 2.75) is 38.7 Å². The number of Topliss-reactive ketones (excluding diaryl/α,β-unsaturated/α-hetero) is 3. The third-order valence-corrected chi connectivity index (χ3v) is 4.40. The van der Waals surface area contributed by atoms with E-state index in [2.05, 4.69) is 0 Å². The molecule has 0 saturated heterocycles. The summed E-state index contributed by atoms with van der Waals surface area (Å²) in [5, 5.41) is 10.5. The molecule has 118 valence electrons. The molecule has 0 radical (unpaired) electrons. The van der Waals surface area contributed by atoms with Gasteiger partial charge in [-0.1, -0.05) is 12.1 Å². The summed E-state index contributed by atoms with van der Waals surface area (Å²) < 4.78 is 13.1. The number of rotatable bonds is 3. The highest BCUT2D eigenvalue weighted by molar-refractivity contribution is 6.05. The van der Waals surface area contributed by atoms with Crippen molar-refractivity contribution in [3.8, 4) is 0 Å². The van der Waals surface area contributed by atoms with Crippen LogP contribution in [0.25, 0.3) is 0 Å². The van der Waals surface area contributed by atoms with Crippen LogP contribution in [0.4, 0.5) is 4.39 Å². The van der Waals surface area contributed by atoms with Gasteiger partial charge < -0.3 is 5.11 Å². The van der Waals surface area contributed by atoms with Crippen molar-refractivity contribution in [3.63, 3.8) is 0 Å². The van der Waals surface area contributed by atoms with Crippen molar-refractivity contribution in [2.75, 3.05) is 0 Å². The maximum absolute atomic E-state index is 13.1. The third-order valence-electron chi connectivity index (χ3n) is 4.40. The van der Waals surface area contributed by atoms with Crippen molar-refractivity contribution < 1.29 is 23.9 Å². The van der Waals surface area contributed by atoms with E-state index in [1.807, 2.05) is 0 Å². The molecule has 0 bridgehead atoms. The first kappa shape index (κ1) is 16.5. The van der Waals surface area contributed by atoms with Gasteiger partial charge in [-0.3, -0.25) is 14.4 Å². The molecule has 0 amide bonds. The van der Waals surface area contributed by atoms with Crippen LogP contribution in [-0.2, 0) is 14.4 Å². The van der Waals surface area contributed by atoms with Gasteiger partial charge in [0.25, 0.3) is 0 Å². The first-order valence-electron chi connectivity index (χ1n) is 7.16. The first-order valence-corrected chi connectivity index (χ1v) is 7.16. The largest absolute Gasteiger partial charge is 0.389 e. The van der Waals surface area contributed by atoms with Crippen molar-refractivity contribution in [1.82, 2.24) is 0 Å².